The standard InChI is InChI=1S/C22H22N2O6S3/c1-24(18-9-13-20(14-10-18)32(3,27)28)33(29,30)21-6-4-5-16(15-21)22(25)23-17-7-11-19(12-8-17)31(2)26/h4-15H,1-3H3,(H,23,25). The maximum absolute atomic E-state index is 13.1. The second-order valence-corrected chi connectivity index (χ2v) is 12.6. The van der Waals surface area contributed by atoms with Gasteiger partial charge in [-0.15, -0.1) is 0 Å². The number of sulfonamides is 1. The summed E-state index contributed by atoms with van der Waals surface area (Å²) in [4.78, 5) is 13.2. The molecule has 0 fully saturated rings. The van der Waals surface area contributed by atoms with E-state index in [1.165, 1.54) is 55.6 Å². The van der Waals surface area contributed by atoms with Crippen molar-refractivity contribution in [1.29, 1.82) is 0 Å². The molecule has 3 rings (SSSR count). The van der Waals surface area contributed by atoms with Crippen molar-refractivity contribution in [2.24, 2.45) is 0 Å². The van der Waals surface area contributed by atoms with Crippen molar-refractivity contribution in [2.45, 2.75) is 14.7 Å². The molecule has 1 atom stereocenters. The van der Waals surface area contributed by atoms with Crippen molar-refractivity contribution in [1.82, 2.24) is 0 Å². The number of benzene rings is 3. The van der Waals surface area contributed by atoms with Crippen LogP contribution >= 0.6 is 0 Å². The molecule has 33 heavy (non-hydrogen) atoms. The first kappa shape index (κ1) is 24.8. The smallest absolute Gasteiger partial charge is 0.264 e. The Morgan fingerprint density at radius 3 is 2.06 bits per heavy atom. The van der Waals surface area contributed by atoms with Crippen LogP contribution in [0.4, 0.5) is 11.4 Å². The van der Waals surface area contributed by atoms with Gasteiger partial charge >= 0.3 is 0 Å². The van der Waals surface area contributed by atoms with Gasteiger partial charge in [0, 0.05) is 24.6 Å². The summed E-state index contributed by atoms with van der Waals surface area (Å²) in [7, 11) is -6.08. The van der Waals surface area contributed by atoms with Crippen LogP contribution in [0.25, 0.3) is 0 Å². The molecule has 0 aliphatic heterocycles. The van der Waals surface area contributed by atoms with Gasteiger partial charge in [0.2, 0.25) is 0 Å². The fourth-order valence-corrected chi connectivity index (χ4v) is 5.32. The topological polar surface area (TPSA) is 124 Å². The maximum atomic E-state index is 13.1. The normalized spacial score (nSPS) is 12.7. The largest absolute Gasteiger partial charge is 0.612 e. The number of hydrogen-bond acceptors (Lipinski definition) is 6. The van der Waals surface area contributed by atoms with Crippen LogP contribution in [0.3, 0.4) is 0 Å². The van der Waals surface area contributed by atoms with Gasteiger partial charge in [-0.05, 0) is 77.9 Å². The molecule has 0 spiro atoms. The van der Waals surface area contributed by atoms with E-state index in [1.807, 2.05) is 0 Å². The highest BCUT2D eigenvalue weighted by molar-refractivity contribution is 7.92. The van der Waals surface area contributed by atoms with Crippen molar-refractivity contribution >= 4 is 48.3 Å². The van der Waals surface area contributed by atoms with Crippen molar-refractivity contribution in [3.63, 3.8) is 0 Å². The maximum Gasteiger partial charge on any atom is 0.264 e. The summed E-state index contributed by atoms with van der Waals surface area (Å²) < 4.78 is 61.9. The van der Waals surface area contributed by atoms with E-state index in [9.17, 15) is 26.2 Å². The molecule has 0 aliphatic carbocycles. The van der Waals surface area contributed by atoms with E-state index in [1.54, 1.807) is 30.5 Å². The molecule has 0 heterocycles. The molecule has 1 unspecified atom stereocenters. The molecule has 0 aliphatic rings. The minimum Gasteiger partial charge on any atom is -0.612 e. The van der Waals surface area contributed by atoms with E-state index < -0.39 is 36.9 Å². The van der Waals surface area contributed by atoms with Gasteiger partial charge in [0.1, 0.15) is 6.26 Å². The zero-order valence-corrected chi connectivity index (χ0v) is 20.5. The second kappa shape index (κ2) is 9.56. The lowest BCUT2D eigenvalue weighted by Gasteiger charge is -2.20. The van der Waals surface area contributed by atoms with Gasteiger partial charge in [-0.2, -0.15) is 0 Å². The SMILES string of the molecule is CN(c1ccc(S(C)(=O)=O)cc1)S(=O)(=O)c1cccc(C(=O)Nc2ccc([S+](C)[O-])cc2)c1. The molecule has 0 aromatic heterocycles. The predicted molar refractivity (Wildman–Crippen MR) is 128 cm³/mol. The van der Waals surface area contributed by atoms with Crippen LogP contribution < -0.4 is 9.62 Å². The Morgan fingerprint density at radius 1 is 0.909 bits per heavy atom. The number of sulfone groups is 1. The predicted octanol–water partition coefficient (Wildman–Crippen LogP) is 2.90. The van der Waals surface area contributed by atoms with Crippen LogP contribution in [0.1, 0.15) is 10.4 Å². The highest BCUT2D eigenvalue weighted by Gasteiger charge is 2.23. The van der Waals surface area contributed by atoms with Crippen LogP contribution in [-0.2, 0) is 31.0 Å². The van der Waals surface area contributed by atoms with E-state index in [0.29, 0.717) is 10.6 Å². The second-order valence-electron chi connectivity index (χ2n) is 7.20. The third-order valence-electron chi connectivity index (χ3n) is 4.83. The summed E-state index contributed by atoms with van der Waals surface area (Å²) in [5.74, 6) is -0.502. The number of carbonyl (C=O) groups is 1. The number of hydrogen-bond donors (Lipinski definition) is 1. The number of nitrogens with one attached hydrogen (secondary N) is 1. The molecule has 3 aromatic carbocycles. The molecule has 0 bridgehead atoms. The average Bonchev–Trinajstić information content (AvgIpc) is 2.78. The van der Waals surface area contributed by atoms with Gasteiger partial charge in [0.05, 0.1) is 15.5 Å². The number of amides is 1. The lowest BCUT2D eigenvalue weighted by Crippen LogP contribution is -2.27. The molecule has 174 valence electrons. The number of rotatable bonds is 7. The van der Waals surface area contributed by atoms with Gasteiger partial charge in [-0.3, -0.25) is 9.10 Å². The Hall–Kier alpha value is -2.86. The molecule has 0 saturated carbocycles. The Balaban J connectivity index is 1.82. The summed E-state index contributed by atoms with van der Waals surface area (Å²) in [6.45, 7) is 0. The highest BCUT2D eigenvalue weighted by atomic mass is 32.2. The Labute approximate surface area is 196 Å². The lowest BCUT2D eigenvalue weighted by molar-refractivity contribution is 0.102. The van der Waals surface area contributed by atoms with Gasteiger partial charge in [0.15, 0.2) is 14.7 Å². The van der Waals surface area contributed by atoms with Gasteiger partial charge in [0.25, 0.3) is 15.9 Å². The first-order valence-corrected chi connectivity index (χ1v) is 14.4. The van der Waals surface area contributed by atoms with Crippen molar-refractivity contribution in [3.05, 3.63) is 78.4 Å². The average molecular weight is 507 g/mol. The monoisotopic (exact) mass is 506 g/mol. The van der Waals surface area contributed by atoms with Crippen molar-refractivity contribution < 1.29 is 26.2 Å². The van der Waals surface area contributed by atoms with Crippen molar-refractivity contribution in [2.75, 3.05) is 29.2 Å². The van der Waals surface area contributed by atoms with Gasteiger partial charge in [-0.25, -0.2) is 16.8 Å². The Morgan fingerprint density at radius 2 is 1.52 bits per heavy atom. The zero-order valence-electron chi connectivity index (χ0n) is 18.0. The minimum atomic E-state index is -4.01. The van der Waals surface area contributed by atoms with Crippen LogP contribution in [0.2, 0.25) is 0 Å². The molecule has 1 N–H and O–H groups in total. The molecule has 0 saturated heterocycles. The van der Waals surface area contributed by atoms with E-state index >= 15 is 0 Å². The summed E-state index contributed by atoms with van der Waals surface area (Å²) in [5, 5.41) is 2.68. The van der Waals surface area contributed by atoms with Gasteiger partial charge in [-0.1, -0.05) is 6.07 Å². The third-order valence-corrected chi connectivity index (χ3v) is 8.67. The third kappa shape index (κ3) is 5.74. The quantitative estimate of drug-likeness (QED) is 0.492. The first-order chi connectivity index (χ1) is 15.4. The minimum absolute atomic E-state index is 0.0777. The molecular formula is C22H22N2O6S3. The highest BCUT2D eigenvalue weighted by Crippen LogP contribution is 2.24. The zero-order chi connectivity index (χ0) is 24.4. The first-order valence-electron chi connectivity index (χ1n) is 9.53. The molecule has 3 aromatic rings. The van der Waals surface area contributed by atoms with Crippen LogP contribution in [0.15, 0.2) is 87.5 Å². The molecular weight excluding hydrogens is 484 g/mol. The fraction of sp³-hybridized carbons (Fsp3) is 0.136. The summed E-state index contributed by atoms with van der Waals surface area (Å²) in [6, 6.07) is 17.6. The Bertz CT molecular complexity index is 1370. The number of nitrogens with zero attached hydrogens (tertiary/aromatic N) is 1. The van der Waals surface area contributed by atoms with E-state index in [-0.39, 0.29) is 21.0 Å². The van der Waals surface area contributed by atoms with Gasteiger partial charge < -0.3 is 9.87 Å². The Kier molecular flexibility index (Phi) is 7.17. The van der Waals surface area contributed by atoms with Crippen LogP contribution in [-0.4, -0.2) is 46.9 Å². The molecule has 0 radical (unpaired) electrons. The summed E-state index contributed by atoms with van der Waals surface area (Å²) in [5.41, 5.74) is 0.885. The fourth-order valence-electron chi connectivity index (χ4n) is 2.93. The number of carbonyl (C=O) groups excluding carboxylic acids is 1. The summed E-state index contributed by atoms with van der Waals surface area (Å²) >= 11 is -1.14. The van der Waals surface area contributed by atoms with E-state index in [2.05, 4.69) is 5.32 Å². The van der Waals surface area contributed by atoms with Crippen LogP contribution in [0, 0.1) is 0 Å². The van der Waals surface area contributed by atoms with Crippen LogP contribution in [0.5, 0.6) is 0 Å². The van der Waals surface area contributed by atoms with E-state index in [4.69, 9.17) is 0 Å². The lowest BCUT2D eigenvalue weighted by atomic mass is 10.2. The number of anilines is 2. The van der Waals surface area contributed by atoms with Crippen molar-refractivity contribution in [3.8, 4) is 0 Å². The molecule has 8 nitrogen and oxygen atoms in total. The molecule has 1 amide bonds. The summed E-state index contributed by atoms with van der Waals surface area (Å²) in [6.07, 6.45) is 2.62. The van der Waals surface area contributed by atoms with E-state index in [0.717, 1.165) is 10.6 Å². The molecule has 11 heteroatoms.